The number of amides is 2. The molecule has 3 aliphatic heterocycles. The molecule has 146 valence electrons. The highest BCUT2D eigenvalue weighted by Crippen LogP contribution is 2.25. The second kappa shape index (κ2) is 7.87. The molecule has 3 fully saturated rings. The molecule has 27 heavy (non-hydrogen) atoms. The Hall–Kier alpha value is -2.11. The van der Waals surface area contributed by atoms with Crippen molar-refractivity contribution >= 4 is 17.6 Å². The van der Waals surface area contributed by atoms with Crippen molar-refractivity contribution in [1.82, 2.24) is 14.8 Å². The Bertz CT molecular complexity index is 682. The molecule has 0 radical (unpaired) electrons. The molecule has 1 aromatic rings. The molecule has 3 aliphatic rings. The number of aromatic nitrogens is 1. The van der Waals surface area contributed by atoms with Gasteiger partial charge in [0.1, 0.15) is 5.82 Å². The predicted octanol–water partition coefficient (Wildman–Crippen LogP) is 2.54. The van der Waals surface area contributed by atoms with E-state index in [1.807, 2.05) is 17.0 Å². The first kappa shape index (κ1) is 18.3. The molecule has 4 rings (SSSR count). The number of carbonyl (C=O) groups is 2. The van der Waals surface area contributed by atoms with Crippen LogP contribution >= 0.6 is 0 Å². The largest absolute Gasteiger partial charge is 0.356 e. The second-order valence-electron chi connectivity index (χ2n) is 8.31. The number of hydrogen-bond donors (Lipinski definition) is 0. The van der Waals surface area contributed by atoms with Crippen molar-refractivity contribution in [3.05, 3.63) is 23.9 Å². The van der Waals surface area contributed by atoms with Crippen molar-refractivity contribution in [3.63, 3.8) is 0 Å². The SMILES string of the molecule is C[C@@H]1CCCN(C(=O)c2ccc(N3CCC(N4CCCC4=O)CC3)nc2)C1. The smallest absolute Gasteiger partial charge is 0.255 e. The molecule has 0 aromatic carbocycles. The lowest BCUT2D eigenvalue weighted by Crippen LogP contribution is -2.45. The van der Waals surface area contributed by atoms with Crippen LogP contribution in [0.2, 0.25) is 0 Å². The fourth-order valence-electron chi connectivity index (χ4n) is 4.72. The van der Waals surface area contributed by atoms with E-state index >= 15 is 0 Å². The van der Waals surface area contributed by atoms with Crippen molar-refractivity contribution in [2.75, 3.05) is 37.6 Å². The summed E-state index contributed by atoms with van der Waals surface area (Å²) in [6, 6.07) is 4.28. The van der Waals surface area contributed by atoms with Gasteiger partial charge in [-0.15, -0.1) is 0 Å². The molecule has 0 aliphatic carbocycles. The predicted molar refractivity (Wildman–Crippen MR) is 105 cm³/mol. The van der Waals surface area contributed by atoms with E-state index in [2.05, 4.69) is 21.7 Å². The topological polar surface area (TPSA) is 56.8 Å². The van der Waals surface area contributed by atoms with E-state index in [4.69, 9.17) is 0 Å². The Morgan fingerprint density at radius 2 is 1.89 bits per heavy atom. The number of likely N-dealkylation sites (tertiary alicyclic amines) is 2. The van der Waals surface area contributed by atoms with Crippen LogP contribution in [0.3, 0.4) is 0 Å². The molecule has 6 nitrogen and oxygen atoms in total. The second-order valence-corrected chi connectivity index (χ2v) is 8.31. The Morgan fingerprint density at radius 1 is 1.07 bits per heavy atom. The molecular formula is C21H30N4O2. The number of hydrogen-bond acceptors (Lipinski definition) is 4. The van der Waals surface area contributed by atoms with Crippen molar-refractivity contribution < 1.29 is 9.59 Å². The lowest BCUT2D eigenvalue weighted by molar-refractivity contribution is -0.130. The molecule has 0 bridgehead atoms. The van der Waals surface area contributed by atoms with Crippen molar-refractivity contribution in [2.45, 2.75) is 51.5 Å². The van der Waals surface area contributed by atoms with Gasteiger partial charge in [0.25, 0.3) is 5.91 Å². The number of rotatable bonds is 3. The first-order valence-electron chi connectivity index (χ1n) is 10.4. The van der Waals surface area contributed by atoms with Gasteiger partial charge >= 0.3 is 0 Å². The Morgan fingerprint density at radius 3 is 2.52 bits per heavy atom. The third-order valence-corrected chi connectivity index (χ3v) is 6.28. The molecule has 0 unspecified atom stereocenters. The zero-order valence-electron chi connectivity index (χ0n) is 16.3. The lowest BCUT2D eigenvalue weighted by Gasteiger charge is -2.37. The van der Waals surface area contributed by atoms with Crippen LogP contribution in [0.5, 0.6) is 0 Å². The van der Waals surface area contributed by atoms with Gasteiger partial charge in [0, 0.05) is 51.4 Å². The summed E-state index contributed by atoms with van der Waals surface area (Å²) in [5, 5.41) is 0. The summed E-state index contributed by atoms with van der Waals surface area (Å²) in [5.74, 6) is 1.94. The van der Waals surface area contributed by atoms with E-state index in [1.165, 1.54) is 6.42 Å². The first-order valence-corrected chi connectivity index (χ1v) is 10.4. The minimum absolute atomic E-state index is 0.104. The molecule has 4 heterocycles. The Kier molecular flexibility index (Phi) is 5.32. The third-order valence-electron chi connectivity index (χ3n) is 6.28. The molecule has 0 spiro atoms. The summed E-state index contributed by atoms with van der Waals surface area (Å²) in [6.45, 7) is 6.67. The van der Waals surface area contributed by atoms with Gasteiger partial charge in [-0.25, -0.2) is 4.98 Å². The molecule has 1 atom stereocenters. The number of piperidine rings is 2. The summed E-state index contributed by atoms with van der Waals surface area (Å²) < 4.78 is 0. The summed E-state index contributed by atoms with van der Waals surface area (Å²) >= 11 is 0. The zero-order valence-corrected chi connectivity index (χ0v) is 16.3. The average molecular weight is 370 g/mol. The Labute approximate surface area is 161 Å². The minimum atomic E-state index is 0.104. The van der Waals surface area contributed by atoms with E-state index in [-0.39, 0.29) is 5.91 Å². The summed E-state index contributed by atoms with van der Waals surface area (Å²) in [5.41, 5.74) is 0.686. The molecule has 0 saturated carbocycles. The highest BCUT2D eigenvalue weighted by atomic mass is 16.2. The van der Waals surface area contributed by atoms with Gasteiger partial charge in [-0.3, -0.25) is 9.59 Å². The first-order chi connectivity index (χ1) is 13.1. The standard InChI is InChI=1S/C21H30N4O2/c1-16-4-2-10-24(15-16)21(27)17-6-7-19(22-14-17)23-12-8-18(9-13-23)25-11-3-5-20(25)26/h6-7,14,16,18H,2-5,8-13,15H2,1H3/t16-/m1/s1. The van der Waals surface area contributed by atoms with Crippen LogP contribution in [0.15, 0.2) is 18.3 Å². The van der Waals surface area contributed by atoms with Crippen molar-refractivity contribution in [2.24, 2.45) is 5.92 Å². The molecule has 3 saturated heterocycles. The maximum Gasteiger partial charge on any atom is 0.255 e. The summed E-state index contributed by atoms with van der Waals surface area (Å²) in [4.78, 5) is 35.5. The van der Waals surface area contributed by atoms with Crippen LogP contribution in [0, 0.1) is 5.92 Å². The summed E-state index contributed by atoms with van der Waals surface area (Å²) in [7, 11) is 0. The molecular weight excluding hydrogens is 340 g/mol. The van der Waals surface area contributed by atoms with Crippen LogP contribution < -0.4 is 4.90 Å². The van der Waals surface area contributed by atoms with E-state index < -0.39 is 0 Å². The van der Waals surface area contributed by atoms with E-state index in [1.54, 1.807) is 6.20 Å². The van der Waals surface area contributed by atoms with Crippen LogP contribution in [0.25, 0.3) is 0 Å². The maximum atomic E-state index is 12.7. The van der Waals surface area contributed by atoms with Gasteiger partial charge in [0.2, 0.25) is 5.91 Å². The molecule has 0 N–H and O–H groups in total. The average Bonchev–Trinajstić information content (AvgIpc) is 3.14. The quantitative estimate of drug-likeness (QED) is 0.820. The summed E-state index contributed by atoms with van der Waals surface area (Å²) in [6.07, 6.45) is 7.75. The zero-order chi connectivity index (χ0) is 18.8. The number of carbonyl (C=O) groups excluding carboxylic acids is 2. The van der Waals surface area contributed by atoms with Gasteiger partial charge in [0.05, 0.1) is 5.56 Å². The number of pyridine rings is 1. The van der Waals surface area contributed by atoms with Gasteiger partial charge < -0.3 is 14.7 Å². The van der Waals surface area contributed by atoms with Gasteiger partial charge in [-0.2, -0.15) is 0 Å². The van der Waals surface area contributed by atoms with Crippen LogP contribution in [0.4, 0.5) is 5.82 Å². The monoisotopic (exact) mass is 370 g/mol. The number of anilines is 1. The Balaban J connectivity index is 1.34. The highest BCUT2D eigenvalue weighted by molar-refractivity contribution is 5.94. The van der Waals surface area contributed by atoms with E-state index in [9.17, 15) is 9.59 Å². The van der Waals surface area contributed by atoms with Crippen LogP contribution in [-0.4, -0.2) is 65.4 Å². The van der Waals surface area contributed by atoms with Crippen LogP contribution in [0.1, 0.15) is 55.8 Å². The lowest BCUT2D eigenvalue weighted by atomic mass is 10.00. The fraction of sp³-hybridized carbons (Fsp3) is 0.667. The van der Waals surface area contributed by atoms with Crippen LogP contribution in [-0.2, 0) is 4.79 Å². The van der Waals surface area contributed by atoms with E-state index in [0.29, 0.717) is 29.9 Å². The van der Waals surface area contributed by atoms with E-state index in [0.717, 1.165) is 64.2 Å². The number of nitrogens with zero attached hydrogens (tertiary/aromatic N) is 4. The van der Waals surface area contributed by atoms with Crippen molar-refractivity contribution in [1.29, 1.82) is 0 Å². The maximum absolute atomic E-state index is 12.7. The molecule has 1 aromatic heterocycles. The third kappa shape index (κ3) is 3.94. The molecule has 6 heteroatoms. The van der Waals surface area contributed by atoms with Crippen molar-refractivity contribution in [3.8, 4) is 0 Å². The van der Waals surface area contributed by atoms with Gasteiger partial charge in [0.15, 0.2) is 0 Å². The molecule has 2 amide bonds. The minimum Gasteiger partial charge on any atom is -0.356 e. The van der Waals surface area contributed by atoms with Gasteiger partial charge in [-0.05, 0) is 50.2 Å². The van der Waals surface area contributed by atoms with Gasteiger partial charge in [-0.1, -0.05) is 6.92 Å². The normalized spacial score (nSPS) is 24.6. The highest BCUT2D eigenvalue weighted by Gasteiger charge is 2.31. The fourth-order valence-corrected chi connectivity index (χ4v) is 4.72.